The van der Waals surface area contributed by atoms with Gasteiger partial charge in [-0.1, -0.05) is 13.3 Å². The average Bonchev–Trinajstić information content (AvgIpc) is 3.24. The lowest BCUT2D eigenvalue weighted by Crippen LogP contribution is -2.30. The second-order valence-corrected chi connectivity index (χ2v) is 9.70. The third-order valence-corrected chi connectivity index (χ3v) is 8.00. The molecule has 6 nitrogen and oxygen atoms in total. The highest BCUT2D eigenvalue weighted by atomic mass is 32.2. The number of hydrogen-bond donors (Lipinski definition) is 0. The number of ether oxygens (including phenoxy) is 3. The molecule has 1 aliphatic rings. The Morgan fingerprint density at radius 3 is 2.45 bits per heavy atom. The fourth-order valence-corrected chi connectivity index (χ4v) is 6.40. The van der Waals surface area contributed by atoms with Crippen LogP contribution in [0.15, 0.2) is 47.4 Å². The zero-order chi connectivity index (χ0) is 20.9. The van der Waals surface area contributed by atoms with E-state index in [0.717, 1.165) is 18.4 Å². The van der Waals surface area contributed by atoms with Gasteiger partial charge in [-0.2, -0.15) is 4.31 Å². The summed E-state index contributed by atoms with van der Waals surface area (Å²) in [7, 11) is -0.488. The van der Waals surface area contributed by atoms with Crippen LogP contribution in [0.1, 0.15) is 30.7 Å². The highest BCUT2D eigenvalue weighted by Crippen LogP contribution is 2.45. The van der Waals surface area contributed by atoms with Crippen LogP contribution in [0.3, 0.4) is 0 Å². The molecule has 0 amide bonds. The van der Waals surface area contributed by atoms with Gasteiger partial charge in [0.15, 0.2) is 0 Å². The van der Waals surface area contributed by atoms with Crippen molar-refractivity contribution in [2.75, 3.05) is 33.1 Å². The third kappa shape index (κ3) is 4.82. The van der Waals surface area contributed by atoms with E-state index in [2.05, 4.69) is 6.92 Å². The van der Waals surface area contributed by atoms with Gasteiger partial charge in [0.25, 0.3) is 0 Å². The van der Waals surface area contributed by atoms with Gasteiger partial charge in [-0.3, -0.25) is 0 Å². The molecule has 158 valence electrons. The van der Waals surface area contributed by atoms with Crippen molar-refractivity contribution in [2.24, 2.45) is 0 Å². The summed E-state index contributed by atoms with van der Waals surface area (Å²) in [5.41, 5.74) is 0.789. The quantitative estimate of drug-likeness (QED) is 0.545. The Balaban J connectivity index is 1.87. The minimum absolute atomic E-state index is 0.259. The van der Waals surface area contributed by atoms with Gasteiger partial charge in [-0.15, -0.1) is 11.8 Å². The predicted molar refractivity (Wildman–Crippen MR) is 115 cm³/mol. The molecule has 0 unspecified atom stereocenters. The topological polar surface area (TPSA) is 65.1 Å². The first kappa shape index (κ1) is 21.8. The van der Waals surface area contributed by atoms with Crippen molar-refractivity contribution >= 4 is 21.8 Å². The molecule has 1 atom stereocenters. The second-order valence-electron chi connectivity index (χ2n) is 6.62. The van der Waals surface area contributed by atoms with Gasteiger partial charge in [-0.05, 0) is 48.9 Å². The first-order valence-corrected chi connectivity index (χ1v) is 12.1. The van der Waals surface area contributed by atoms with Crippen molar-refractivity contribution < 1.29 is 22.6 Å². The lowest BCUT2D eigenvalue weighted by Gasteiger charge is -2.25. The van der Waals surface area contributed by atoms with Crippen molar-refractivity contribution in [3.63, 3.8) is 0 Å². The molecule has 1 aliphatic heterocycles. The zero-order valence-corrected chi connectivity index (χ0v) is 18.6. The largest absolute Gasteiger partial charge is 0.497 e. The highest BCUT2D eigenvalue weighted by molar-refractivity contribution is 8.01. The van der Waals surface area contributed by atoms with Gasteiger partial charge in [0.2, 0.25) is 10.0 Å². The highest BCUT2D eigenvalue weighted by Gasteiger charge is 2.38. The standard InChI is InChI=1S/C21H27NO5S2/c1-4-5-13-27-16-6-9-18(10-7-16)29(23,24)22-12-14-28-21(22)19-15-17(25-2)8-11-20(19)26-3/h6-11,15,21H,4-5,12-14H2,1-3H3/t21-/m0/s1. The Morgan fingerprint density at radius 1 is 1.07 bits per heavy atom. The molecule has 1 saturated heterocycles. The maximum Gasteiger partial charge on any atom is 0.244 e. The summed E-state index contributed by atoms with van der Waals surface area (Å²) in [5.74, 6) is 2.70. The van der Waals surface area contributed by atoms with Crippen LogP contribution >= 0.6 is 11.8 Å². The molecule has 29 heavy (non-hydrogen) atoms. The fourth-order valence-electron chi connectivity index (χ4n) is 3.16. The maximum absolute atomic E-state index is 13.3. The van der Waals surface area contributed by atoms with E-state index in [1.54, 1.807) is 62.4 Å². The van der Waals surface area contributed by atoms with Crippen LogP contribution in [0.4, 0.5) is 0 Å². The molecule has 2 aromatic rings. The van der Waals surface area contributed by atoms with E-state index >= 15 is 0 Å². The van der Waals surface area contributed by atoms with Crippen molar-refractivity contribution in [3.05, 3.63) is 48.0 Å². The Kier molecular flexibility index (Phi) is 7.32. The number of nitrogens with zero attached hydrogens (tertiary/aromatic N) is 1. The molecule has 1 fully saturated rings. The number of benzene rings is 2. The number of rotatable bonds is 9. The summed E-state index contributed by atoms with van der Waals surface area (Å²) in [4.78, 5) is 0.259. The molecule has 3 rings (SSSR count). The Bertz CT molecular complexity index is 915. The third-order valence-electron chi connectivity index (χ3n) is 4.75. The van der Waals surface area contributed by atoms with Crippen LogP contribution in [0.5, 0.6) is 17.2 Å². The molecule has 0 aliphatic carbocycles. The van der Waals surface area contributed by atoms with Gasteiger partial charge in [0, 0.05) is 17.9 Å². The van der Waals surface area contributed by atoms with E-state index in [4.69, 9.17) is 14.2 Å². The van der Waals surface area contributed by atoms with Crippen LogP contribution < -0.4 is 14.2 Å². The van der Waals surface area contributed by atoms with Crippen LogP contribution in [0.25, 0.3) is 0 Å². The first-order valence-electron chi connectivity index (χ1n) is 9.59. The summed E-state index contributed by atoms with van der Waals surface area (Å²) in [6, 6.07) is 12.1. The molecule has 0 N–H and O–H groups in total. The Hall–Kier alpha value is -1.90. The van der Waals surface area contributed by atoms with Crippen LogP contribution in [-0.2, 0) is 10.0 Å². The van der Waals surface area contributed by atoms with E-state index in [9.17, 15) is 8.42 Å². The SMILES string of the molecule is CCCCOc1ccc(S(=O)(=O)N2CCS[C@H]2c2cc(OC)ccc2OC)cc1. The smallest absolute Gasteiger partial charge is 0.244 e. The predicted octanol–water partition coefficient (Wildman–Crippen LogP) is 4.32. The van der Waals surface area contributed by atoms with Crippen molar-refractivity contribution in [3.8, 4) is 17.2 Å². The number of unbranched alkanes of at least 4 members (excludes halogenated alkanes) is 1. The number of sulfonamides is 1. The monoisotopic (exact) mass is 437 g/mol. The summed E-state index contributed by atoms with van der Waals surface area (Å²) >= 11 is 1.58. The Labute approximate surface area is 177 Å². The van der Waals surface area contributed by atoms with Crippen molar-refractivity contribution in [2.45, 2.75) is 30.0 Å². The summed E-state index contributed by atoms with van der Waals surface area (Å²) < 4.78 is 44.7. The Morgan fingerprint density at radius 2 is 1.79 bits per heavy atom. The number of hydrogen-bond acceptors (Lipinski definition) is 6. The summed E-state index contributed by atoms with van der Waals surface area (Å²) in [6.45, 7) is 3.16. The van der Waals surface area contributed by atoms with Crippen LogP contribution in [0.2, 0.25) is 0 Å². The maximum atomic E-state index is 13.3. The molecule has 0 spiro atoms. The van der Waals surface area contributed by atoms with Crippen LogP contribution in [-0.4, -0.2) is 45.8 Å². The average molecular weight is 438 g/mol. The lowest BCUT2D eigenvalue weighted by molar-refractivity contribution is 0.309. The van der Waals surface area contributed by atoms with Crippen molar-refractivity contribution in [1.82, 2.24) is 4.31 Å². The molecule has 0 aromatic heterocycles. The van der Waals surface area contributed by atoms with E-state index in [1.165, 1.54) is 4.31 Å². The van der Waals surface area contributed by atoms with E-state index in [0.29, 0.717) is 36.2 Å². The summed E-state index contributed by atoms with van der Waals surface area (Å²) in [6.07, 6.45) is 2.02. The van der Waals surface area contributed by atoms with E-state index in [-0.39, 0.29) is 10.3 Å². The number of thioether (sulfide) groups is 1. The molecule has 1 heterocycles. The summed E-state index contributed by atoms with van der Waals surface area (Å²) in [5, 5.41) is -0.370. The van der Waals surface area contributed by atoms with Crippen LogP contribution in [0, 0.1) is 0 Å². The minimum Gasteiger partial charge on any atom is -0.497 e. The van der Waals surface area contributed by atoms with Gasteiger partial charge in [-0.25, -0.2) is 8.42 Å². The second kappa shape index (κ2) is 9.73. The van der Waals surface area contributed by atoms with Gasteiger partial charge in [0.05, 0.1) is 31.1 Å². The molecule has 2 aromatic carbocycles. The van der Waals surface area contributed by atoms with Gasteiger partial charge < -0.3 is 14.2 Å². The van der Waals surface area contributed by atoms with E-state index < -0.39 is 10.0 Å². The fraction of sp³-hybridized carbons (Fsp3) is 0.429. The molecular formula is C21H27NO5S2. The van der Waals surface area contributed by atoms with E-state index in [1.807, 2.05) is 6.07 Å². The minimum atomic E-state index is -3.66. The molecule has 0 bridgehead atoms. The molecule has 8 heteroatoms. The molecular weight excluding hydrogens is 410 g/mol. The molecule has 0 saturated carbocycles. The van der Waals surface area contributed by atoms with Gasteiger partial charge >= 0.3 is 0 Å². The first-order chi connectivity index (χ1) is 14.0. The van der Waals surface area contributed by atoms with Gasteiger partial charge in [0.1, 0.15) is 17.2 Å². The van der Waals surface area contributed by atoms with Crippen molar-refractivity contribution in [1.29, 1.82) is 0 Å². The normalized spacial score (nSPS) is 17.3. The zero-order valence-electron chi connectivity index (χ0n) is 17.0. The lowest BCUT2D eigenvalue weighted by atomic mass is 10.2. The molecule has 0 radical (unpaired) electrons. The number of methoxy groups -OCH3 is 2.